The van der Waals surface area contributed by atoms with Gasteiger partial charge in [-0.3, -0.25) is 14.8 Å². The van der Waals surface area contributed by atoms with E-state index in [9.17, 15) is 4.79 Å². The highest BCUT2D eigenvalue weighted by molar-refractivity contribution is 6.01. The number of rotatable bonds is 4. The molecule has 4 aromatic rings. The maximum Gasteiger partial charge on any atom is 0.159 e. The zero-order valence-electron chi connectivity index (χ0n) is 20.1. The van der Waals surface area contributed by atoms with Crippen LogP contribution in [0.15, 0.2) is 42.5 Å². The highest BCUT2D eigenvalue weighted by atomic mass is 16.1. The van der Waals surface area contributed by atoms with E-state index in [1.807, 2.05) is 45.9 Å². The summed E-state index contributed by atoms with van der Waals surface area (Å²) in [5.41, 5.74) is 5.94. The number of nitrogens with zero attached hydrogens (tertiary/aromatic N) is 2. The summed E-state index contributed by atoms with van der Waals surface area (Å²) in [5.74, 6) is 0.0601. The summed E-state index contributed by atoms with van der Waals surface area (Å²) in [6, 6.07) is 14.5. The second-order valence-corrected chi connectivity index (χ2v) is 7.83. The van der Waals surface area contributed by atoms with Gasteiger partial charge in [0.05, 0.1) is 11.2 Å². The minimum atomic E-state index is 0.0601. The Morgan fingerprint density at radius 3 is 2.41 bits per heavy atom. The molecule has 1 fully saturated rings. The summed E-state index contributed by atoms with van der Waals surface area (Å²) in [4.78, 5) is 17.7. The first kappa shape index (κ1) is 23.7. The molecule has 1 saturated heterocycles. The number of aromatic nitrogens is 3. The lowest BCUT2D eigenvalue weighted by Gasteiger charge is -2.26. The fourth-order valence-corrected chi connectivity index (χ4v) is 4.23. The van der Waals surface area contributed by atoms with Crippen LogP contribution >= 0.6 is 0 Å². The van der Waals surface area contributed by atoms with Crippen LogP contribution in [0.4, 0.5) is 0 Å². The number of piperidine rings is 1. The Morgan fingerprint density at radius 1 is 0.938 bits per heavy atom. The van der Waals surface area contributed by atoms with Gasteiger partial charge in [-0.05, 0) is 68.8 Å². The van der Waals surface area contributed by atoms with Crippen LogP contribution < -0.4 is 0 Å². The van der Waals surface area contributed by atoms with Crippen molar-refractivity contribution in [2.75, 3.05) is 13.1 Å². The van der Waals surface area contributed by atoms with E-state index in [4.69, 9.17) is 0 Å². The van der Waals surface area contributed by atoms with Gasteiger partial charge in [0.2, 0.25) is 0 Å². The molecule has 0 aliphatic carbocycles. The molecule has 0 amide bonds. The van der Waals surface area contributed by atoms with Crippen molar-refractivity contribution in [1.29, 1.82) is 0 Å². The van der Waals surface area contributed by atoms with Crippen molar-refractivity contribution in [3.05, 3.63) is 53.6 Å². The first-order valence-electron chi connectivity index (χ1n) is 12.0. The van der Waals surface area contributed by atoms with E-state index in [0.29, 0.717) is 5.56 Å². The van der Waals surface area contributed by atoms with E-state index in [-0.39, 0.29) is 5.78 Å². The summed E-state index contributed by atoms with van der Waals surface area (Å²) in [6.07, 6.45) is 3.99. The molecule has 0 radical (unpaired) electrons. The summed E-state index contributed by atoms with van der Waals surface area (Å²) >= 11 is 0. The van der Waals surface area contributed by atoms with Crippen molar-refractivity contribution in [1.82, 2.24) is 20.1 Å². The molecule has 3 heterocycles. The average molecular weight is 433 g/mol. The van der Waals surface area contributed by atoms with E-state index >= 15 is 0 Å². The van der Waals surface area contributed by atoms with Gasteiger partial charge in [-0.15, -0.1) is 0 Å². The third-order valence-electron chi connectivity index (χ3n) is 5.76. The SMILES string of the molecule is CC.CC.CC(=O)c1ccc2c(-c3cc4cc(CN5CCCCC5)ccc4[nH]3)n[nH]c2c1. The Balaban J connectivity index is 0.000000686. The quantitative estimate of drug-likeness (QED) is 0.343. The topological polar surface area (TPSA) is 64.8 Å². The number of benzene rings is 2. The third kappa shape index (κ3) is 5.10. The Hall–Kier alpha value is -2.92. The lowest BCUT2D eigenvalue weighted by Crippen LogP contribution is -2.28. The average Bonchev–Trinajstić information content (AvgIpc) is 3.45. The fraction of sp³-hybridized carbons (Fsp3) is 0.407. The molecule has 5 nitrogen and oxygen atoms in total. The Bertz CT molecular complexity index is 1170. The van der Waals surface area contributed by atoms with Crippen molar-refractivity contribution in [2.24, 2.45) is 0 Å². The van der Waals surface area contributed by atoms with Gasteiger partial charge in [0.1, 0.15) is 5.69 Å². The maximum absolute atomic E-state index is 11.6. The van der Waals surface area contributed by atoms with E-state index in [1.165, 1.54) is 43.3 Å². The molecule has 0 atom stereocenters. The van der Waals surface area contributed by atoms with Crippen LogP contribution in [0, 0.1) is 0 Å². The molecule has 0 spiro atoms. The van der Waals surface area contributed by atoms with E-state index < -0.39 is 0 Å². The second kappa shape index (κ2) is 11.1. The fourth-order valence-electron chi connectivity index (χ4n) is 4.23. The van der Waals surface area contributed by atoms with Gasteiger partial charge >= 0.3 is 0 Å². The third-order valence-corrected chi connectivity index (χ3v) is 5.76. The standard InChI is InChI=1S/C23H24N4O.2C2H6/c1-15(28)17-6-7-19-21(12-17)25-26-23(19)22-13-18-11-16(5-8-20(18)24-22)14-27-9-3-2-4-10-27;2*1-2/h5-8,11-13,24H,2-4,9-10,14H2,1H3,(H,25,26);2*1-2H3. The van der Waals surface area contributed by atoms with Crippen molar-refractivity contribution in [3.8, 4) is 11.4 Å². The zero-order chi connectivity index (χ0) is 23.1. The lowest BCUT2D eigenvalue weighted by atomic mass is 10.1. The first-order valence-corrected chi connectivity index (χ1v) is 12.0. The van der Waals surface area contributed by atoms with Crippen LogP contribution in [0.1, 0.15) is 69.8 Å². The number of carbonyl (C=O) groups is 1. The molecule has 170 valence electrons. The molecule has 2 N–H and O–H groups in total. The molecule has 1 aliphatic heterocycles. The summed E-state index contributed by atoms with van der Waals surface area (Å²) in [7, 11) is 0. The number of H-pyrrole nitrogens is 2. The number of nitrogens with one attached hydrogen (secondary N) is 2. The monoisotopic (exact) mass is 432 g/mol. The van der Waals surface area contributed by atoms with Crippen LogP contribution in [-0.4, -0.2) is 39.0 Å². The smallest absolute Gasteiger partial charge is 0.159 e. The number of carbonyl (C=O) groups excluding carboxylic acids is 1. The molecule has 0 bridgehead atoms. The summed E-state index contributed by atoms with van der Waals surface area (Å²) in [6.45, 7) is 13.0. The van der Waals surface area contributed by atoms with Crippen LogP contribution in [-0.2, 0) is 6.54 Å². The lowest BCUT2D eigenvalue weighted by molar-refractivity contribution is 0.101. The first-order chi connectivity index (χ1) is 15.7. The Labute approximate surface area is 191 Å². The number of Topliss-reactive ketones (excluding diaryl/α,β-unsaturated/α-hetero) is 1. The molecule has 5 rings (SSSR count). The van der Waals surface area contributed by atoms with Crippen molar-refractivity contribution >= 4 is 27.6 Å². The van der Waals surface area contributed by atoms with Crippen LogP contribution in [0.5, 0.6) is 0 Å². The molecule has 1 aliphatic rings. The Morgan fingerprint density at radius 2 is 1.69 bits per heavy atom. The zero-order valence-corrected chi connectivity index (χ0v) is 20.1. The molecular weight excluding hydrogens is 396 g/mol. The van der Waals surface area contributed by atoms with Gasteiger partial charge in [-0.1, -0.05) is 46.2 Å². The van der Waals surface area contributed by atoms with Gasteiger partial charge in [0.15, 0.2) is 5.78 Å². The van der Waals surface area contributed by atoms with Gasteiger partial charge in [-0.25, -0.2) is 0 Å². The van der Waals surface area contributed by atoms with Gasteiger partial charge in [0.25, 0.3) is 0 Å². The normalized spacial score (nSPS) is 13.9. The van der Waals surface area contributed by atoms with Crippen LogP contribution in [0.25, 0.3) is 33.2 Å². The highest BCUT2D eigenvalue weighted by Gasteiger charge is 2.14. The van der Waals surface area contributed by atoms with Crippen molar-refractivity contribution in [2.45, 2.75) is 60.4 Å². The molecule has 0 unspecified atom stereocenters. The summed E-state index contributed by atoms with van der Waals surface area (Å²) < 4.78 is 0. The highest BCUT2D eigenvalue weighted by Crippen LogP contribution is 2.30. The molecule has 2 aromatic heterocycles. The van der Waals surface area contributed by atoms with Crippen LogP contribution in [0.2, 0.25) is 0 Å². The van der Waals surface area contributed by atoms with Gasteiger partial charge in [0, 0.05) is 28.4 Å². The number of ketones is 1. The molecule has 32 heavy (non-hydrogen) atoms. The van der Waals surface area contributed by atoms with Crippen LogP contribution in [0.3, 0.4) is 0 Å². The predicted molar refractivity (Wildman–Crippen MR) is 135 cm³/mol. The maximum atomic E-state index is 11.6. The van der Waals surface area contributed by atoms with E-state index in [0.717, 1.165) is 34.4 Å². The van der Waals surface area contributed by atoms with E-state index in [1.54, 1.807) is 6.92 Å². The minimum absolute atomic E-state index is 0.0601. The number of hydrogen-bond acceptors (Lipinski definition) is 3. The number of fused-ring (bicyclic) bond motifs is 2. The van der Waals surface area contributed by atoms with Crippen molar-refractivity contribution in [3.63, 3.8) is 0 Å². The van der Waals surface area contributed by atoms with Gasteiger partial charge in [-0.2, -0.15) is 5.10 Å². The minimum Gasteiger partial charge on any atom is -0.353 e. The number of likely N-dealkylation sites (tertiary alicyclic amines) is 1. The van der Waals surface area contributed by atoms with E-state index in [2.05, 4.69) is 44.3 Å². The Kier molecular flexibility index (Phi) is 8.23. The largest absolute Gasteiger partial charge is 0.353 e. The number of aromatic amines is 2. The number of hydrogen-bond donors (Lipinski definition) is 2. The van der Waals surface area contributed by atoms with Gasteiger partial charge < -0.3 is 4.98 Å². The molecule has 5 heteroatoms. The van der Waals surface area contributed by atoms with Crippen molar-refractivity contribution < 1.29 is 4.79 Å². The predicted octanol–water partition coefficient (Wildman–Crippen LogP) is 6.95. The second-order valence-electron chi connectivity index (χ2n) is 7.83. The molecule has 2 aromatic carbocycles. The molecular formula is C27H36N4O. The molecule has 0 saturated carbocycles. The summed E-state index contributed by atoms with van der Waals surface area (Å²) in [5, 5.41) is 9.79.